The predicted molar refractivity (Wildman–Crippen MR) is 84.7 cm³/mol. The van der Waals surface area contributed by atoms with E-state index in [4.69, 9.17) is 0 Å². The summed E-state index contributed by atoms with van der Waals surface area (Å²) in [6.07, 6.45) is 1.40. The lowest BCUT2D eigenvalue weighted by Gasteiger charge is -2.11. The molecule has 0 radical (unpaired) electrons. The van der Waals surface area contributed by atoms with Crippen molar-refractivity contribution < 1.29 is 9.18 Å². The van der Waals surface area contributed by atoms with Gasteiger partial charge in [-0.2, -0.15) is 0 Å². The number of rotatable bonds is 3. The van der Waals surface area contributed by atoms with Gasteiger partial charge in [-0.1, -0.05) is 12.1 Å². The number of ketones is 1. The number of carbonyl (C=O) groups is 1. The first-order chi connectivity index (χ1) is 10.5. The molecule has 0 amide bonds. The van der Waals surface area contributed by atoms with E-state index in [1.54, 1.807) is 19.1 Å². The number of fused-ring (bicyclic) bond motifs is 1. The Hall–Kier alpha value is -2.34. The Balaban J connectivity index is 2.25. The molecule has 0 N–H and O–H groups in total. The molecule has 0 saturated carbocycles. The SMILES string of the molecule is CC(=O)[C@@H](C)n1cnc2scc(-c3ccc(F)cc3)c2c1=O. The lowest BCUT2D eigenvalue weighted by Crippen LogP contribution is -2.27. The van der Waals surface area contributed by atoms with Gasteiger partial charge in [-0.25, -0.2) is 9.37 Å². The number of hydrogen-bond donors (Lipinski definition) is 0. The summed E-state index contributed by atoms with van der Waals surface area (Å²) in [4.78, 5) is 29.1. The lowest BCUT2D eigenvalue weighted by atomic mass is 10.1. The highest BCUT2D eigenvalue weighted by Gasteiger charge is 2.17. The average Bonchev–Trinajstić information content (AvgIpc) is 2.92. The van der Waals surface area contributed by atoms with Gasteiger partial charge in [0.2, 0.25) is 0 Å². The maximum absolute atomic E-state index is 13.1. The van der Waals surface area contributed by atoms with E-state index in [9.17, 15) is 14.0 Å². The van der Waals surface area contributed by atoms with Crippen LogP contribution in [0.4, 0.5) is 4.39 Å². The molecule has 22 heavy (non-hydrogen) atoms. The monoisotopic (exact) mass is 316 g/mol. The molecule has 0 aliphatic rings. The Labute approximate surface area is 129 Å². The van der Waals surface area contributed by atoms with Crippen LogP contribution in [0.25, 0.3) is 21.3 Å². The summed E-state index contributed by atoms with van der Waals surface area (Å²) >= 11 is 1.35. The third kappa shape index (κ3) is 2.35. The van der Waals surface area contributed by atoms with Crippen molar-refractivity contribution in [3.8, 4) is 11.1 Å². The van der Waals surface area contributed by atoms with Gasteiger partial charge in [-0.05, 0) is 31.5 Å². The molecule has 0 spiro atoms. The van der Waals surface area contributed by atoms with Crippen LogP contribution >= 0.6 is 11.3 Å². The van der Waals surface area contributed by atoms with Crippen molar-refractivity contribution in [1.29, 1.82) is 0 Å². The van der Waals surface area contributed by atoms with Crippen molar-refractivity contribution in [1.82, 2.24) is 9.55 Å². The van der Waals surface area contributed by atoms with Crippen LogP contribution in [-0.2, 0) is 4.79 Å². The van der Waals surface area contributed by atoms with Crippen molar-refractivity contribution >= 4 is 27.3 Å². The molecule has 0 unspecified atom stereocenters. The fourth-order valence-corrected chi connectivity index (χ4v) is 3.17. The largest absolute Gasteiger partial charge is 0.298 e. The smallest absolute Gasteiger partial charge is 0.263 e. The summed E-state index contributed by atoms with van der Waals surface area (Å²) in [7, 11) is 0. The molecule has 0 aliphatic carbocycles. The van der Waals surface area contributed by atoms with Crippen LogP contribution in [0.15, 0.2) is 40.8 Å². The van der Waals surface area contributed by atoms with Crippen LogP contribution in [-0.4, -0.2) is 15.3 Å². The van der Waals surface area contributed by atoms with Crippen molar-refractivity contribution in [3.05, 3.63) is 52.1 Å². The number of thiophene rings is 1. The van der Waals surface area contributed by atoms with Gasteiger partial charge in [0, 0.05) is 10.9 Å². The number of halogens is 1. The zero-order valence-corrected chi connectivity index (χ0v) is 12.9. The Morgan fingerprint density at radius 2 is 2.00 bits per heavy atom. The van der Waals surface area contributed by atoms with E-state index in [1.165, 1.54) is 41.3 Å². The summed E-state index contributed by atoms with van der Waals surface area (Å²) in [6, 6.07) is 5.40. The fourth-order valence-electron chi connectivity index (χ4n) is 2.26. The second-order valence-corrected chi connectivity index (χ2v) is 5.94. The second kappa shape index (κ2) is 5.46. The van der Waals surface area contributed by atoms with Crippen LogP contribution in [0.2, 0.25) is 0 Å². The minimum atomic E-state index is -0.564. The molecule has 2 aromatic heterocycles. The van der Waals surface area contributed by atoms with Crippen LogP contribution < -0.4 is 5.56 Å². The average molecular weight is 316 g/mol. The molecule has 1 atom stereocenters. The number of aromatic nitrogens is 2. The third-order valence-corrected chi connectivity index (χ3v) is 4.57. The zero-order chi connectivity index (χ0) is 15.9. The Morgan fingerprint density at radius 3 is 2.64 bits per heavy atom. The number of nitrogens with zero attached hydrogens (tertiary/aromatic N) is 2. The molecule has 0 fully saturated rings. The van der Waals surface area contributed by atoms with E-state index in [0.29, 0.717) is 15.8 Å². The molecule has 3 aromatic rings. The third-order valence-electron chi connectivity index (χ3n) is 3.68. The maximum atomic E-state index is 13.1. The first-order valence-electron chi connectivity index (χ1n) is 6.73. The Bertz CT molecular complexity index is 912. The minimum absolute atomic E-state index is 0.109. The van der Waals surface area contributed by atoms with Gasteiger partial charge in [0.1, 0.15) is 10.6 Å². The topological polar surface area (TPSA) is 52.0 Å². The van der Waals surface area contributed by atoms with Crippen molar-refractivity contribution in [2.45, 2.75) is 19.9 Å². The summed E-state index contributed by atoms with van der Waals surface area (Å²) in [5.74, 6) is -0.439. The van der Waals surface area contributed by atoms with Gasteiger partial charge in [-0.15, -0.1) is 11.3 Å². The van der Waals surface area contributed by atoms with Crippen LogP contribution in [0.3, 0.4) is 0 Å². The highest BCUT2D eigenvalue weighted by molar-refractivity contribution is 7.17. The molecular formula is C16H13FN2O2S. The van der Waals surface area contributed by atoms with E-state index < -0.39 is 6.04 Å². The number of carbonyl (C=O) groups excluding carboxylic acids is 1. The predicted octanol–water partition coefficient (Wildman–Crippen LogP) is 3.41. The summed E-state index contributed by atoms with van der Waals surface area (Å²) in [5.41, 5.74) is 1.20. The maximum Gasteiger partial charge on any atom is 0.263 e. The highest BCUT2D eigenvalue weighted by Crippen LogP contribution is 2.30. The van der Waals surface area contributed by atoms with Gasteiger partial charge in [0.05, 0.1) is 17.8 Å². The van der Waals surface area contributed by atoms with Crippen molar-refractivity contribution in [2.24, 2.45) is 0 Å². The van der Waals surface area contributed by atoms with Crippen molar-refractivity contribution in [2.75, 3.05) is 0 Å². The number of Topliss-reactive ketones (excluding diaryl/α,β-unsaturated/α-hetero) is 1. The fraction of sp³-hybridized carbons (Fsp3) is 0.188. The molecule has 0 saturated heterocycles. The normalized spacial score (nSPS) is 12.5. The standard InChI is InChI=1S/C16H13FN2O2S/c1-9(10(2)20)19-8-18-15-14(16(19)21)13(7-22-15)11-3-5-12(17)6-4-11/h3-9H,1-2H3/t9-/m1/s1. The van der Waals surface area contributed by atoms with Gasteiger partial charge in [-0.3, -0.25) is 14.2 Å². The molecule has 0 aliphatic heterocycles. The second-order valence-electron chi connectivity index (χ2n) is 5.08. The van der Waals surface area contributed by atoms with Crippen molar-refractivity contribution in [3.63, 3.8) is 0 Å². The van der Waals surface area contributed by atoms with Crippen LogP contribution in [0, 0.1) is 5.82 Å². The van der Waals surface area contributed by atoms with E-state index in [2.05, 4.69) is 4.98 Å². The van der Waals surface area contributed by atoms with Gasteiger partial charge in [0.15, 0.2) is 5.78 Å². The summed E-state index contributed by atoms with van der Waals surface area (Å²) in [5, 5.41) is 2.29. The molecular weight excluding hydrogens is 303 g/mol. The first kappa shape index (κ1) is 14.6. The number of hydrogen-bond acceptors (Lipinski definition) is 4. The van der Waals surface area contributed by atoms with Gasteiger partial charge in [0.25, 0.3) is 5.56 Å². The van der Waals surface area contributed by atoms with E-state index >= 15 is 0 Å². The van der Waals surface area contributed by atoms with E-state index in [1.807, 2.05) is 5.38 Å². The molecule has 112 valence electrons. The van der Waals surface area contributed by atoms with Gasteiger partial charge < -0.3 is 0 Å². The molecule has 0 bridgehead atoms. The molecule has 2 heterocycles. The summed E-state index contributed by atoms with van der Waals surface area (Å²) < 4.78 is 14.4. The highest BCUT2D eigenvalue weighted by atomic mass is 32.1. The van der Waals surface area contributed by atoms with E-state index in [-0.39, 0.29) is 17.2 Å². The first-order valence-corrected chi connectivity index (χ1v) is 7.61. The Kier molecular flexibility index (Phi) is 3.62. The molecule has 1 aromatic carbocycles. The molecule has 3 rings (SSSR count). The lowest BCUT2D eigenvalue weighted by molar-refractivity contribution is -0.119. The summed E-state index contributed by atoms with van der Waals surface area (Å²) in [6.45, 7) is 3.11. The minimum Gasteiger partial charge on any atom is -0.298 e. The van der Waals surface area contributed by atoms with Crippen LogP contribution in [0.5, 0.6) is 0 Å². The zero-order valence-electron chi connectivity index (χ0n) is 12.0. The molecule has 6 heteroatoms. The molecule has 4 nitrogen and oxygen atoms in total. The van der Waals surface area contributed by atoms with Gasteiger partial charge >= 0.3 is 0 Å². The van der Waals surface area contributed by atoms with E-state index in [0.717, 1.165) is 5.56 Å². The quantitative estimate of drug-likeness (QED) is 0.744. The van der Waals surface area contributed by atoms with Crippen LogP contribution in [0.1, 0.15) is 19.9 Å². The number of benzene rings is 1. The Morgan fingerprint density at radius 1 is 1.32 bits per heavy atom.